The van der Waals surface area contributed by atoms with E-state index in [9.17, 15) is 9.59 Å². The smallest absolute Gasteiger partial charge is 0.251 e. The minimum Gasteiger partial charge on any atom is -0.378 e. The van der Waals surface area contributed by atoms with Crippen LogP contribution in [-0.2, 0) is 9.53 Å². The maximum atomic E-state index is 12.1. The third-order valence-electron chi connectivity index (χ3n) is 3.74. The van der Waals surface area contributed by atoms with Crippen LogP contribution in [0.1, 0.15) is 12.1 Å². The molecule has 25 heavy (non-hydrogen) atoms. The molecule has 1 aromatic heterocycles. The van der Waals surface area contributed by atoms with Crippen LogP contribution in [0.4, 0.5) is 5.69 Å². The molecule has 7 nitrogen and oxygen atoms in total. The summed E-state index contributed by atoms with van der Waals surface area (Å²) in [6, 6.07) is 8.71. The fourth-order valence-electron chi connectivity index (χ4n) is 2.61. The van der Waals surface area contributed by atoms with Gasteiger partial charge in [0.1, 0.15) is 5.82 Å². The molecule has 3 N–H and O–H groups in total. The number of rotatable bonds is 4. The van der Waals surface area contributed by atoms with Crippen molar-refractivity contribution in [2.24, 2.45) is 0 Å². The van der Waals surface area contributed by atoms with Crippen molar-refractivity contribution < 1.29 is 9.53 Å². The van der Waals surface area contributed by atoms with E-state index in [4.69, 9.17) is 4.74 Å². The Morgan fingerprint density at radius 2 is 2.12 bits per heavy atom. The molecule has 0 bridgehead atoms. The number of H-pyrrole nitrogens is 1. The highest BCUT2D eigenvalue weighted by Gasteiger charge is 2.16. The maximum Gasteiger partial charge on any atom is 0.251 e. The van der Waals surface area contributed by atoms with Gasteiger partial charge < -0.3 is 20.4 Å². The van der Waals surface area contributed by atoms with E-state index < -0.39 is 0 Å². The highest BCUT2D eigenvalue weighted by molar-refractivity contribution is 5.91. The fraction of sp³-hybridized carbons (Fsp3) is 0.353. The monoisotopic (exact) mass is 364 g/mol. The summed E-state index contributed by atoms with van der Waals surface area (Å²) < 4.78 is 5.34. The van der Waals surface area contributed by atoms with Gasteiger partial charge in [0.25, 0.3) is 5.56 Å². The summed E-state index contributed by atoms with van der Waals surface area (Å²) in [4.78, 5) is 30.6. The number of morpholine rings is 1. The third-order valence-corrected chi connectivity index (χ3v) is 3.74. The molecular weight excluding hydrogens is 344 g/mol. The second-order valence-corrected chi connectivity index (χ2v) is 5.79. The Balaban J connectivity index is 0.00000225. The van der Waals surface area contributed by atoms with Crippen molar-refractivity contribution in [1.29, 1.82) is 0 Å². The normalized spacial score (nSPS) is 16.8. The molecule has 0 spiro atoms. The zero-order valence-corrected chi connectivity index (χ0v) is 14.7. The van der Waals surface area contributed by atoms with Crippen molar-refractivity contribution in [3.05, 3.63) is 46.4 Å². The number of hydrogen-bond acceptors (Lipinski definition) is 5. The lowest BCUT2D eigenvalue weighted by Crippen LogP contribution is -2.43. The average molecular weight is 365 g/mol. The molecule has 1 amide bonds. The van der Waals surface area contributed by atoms with Gasteiger partial charge in [0.2, 0.25) is 5.91 Å². The number of benzene rings is 1. The summed E-state index contributed by atoms with van der Waals surface area (Å²) in [7, 11) is 0. The van der Waals surface area contributed by atoms with Gasteiger partial charge in [-0.2, -0.15) is 0 Å². The predicted octanol–water partition coefficient (Wildman–Crippen LogP) is 1.48. The van der Waals surface area contributed by atoms with Gasteiger partial charge in [-0.1, -0.05) is 0 Å². The lowest BCUT2D eigenvalue weighted by atomic mass is 10.1. The molecule has 1 saturated heterocycles. The highest BCUT2D eigenvalue weighted by Crippen LogP contribution is 2.17. The van der Waals surface area contributed by atoms with Crippen molar-refractivity contribution in [1.82, 2.24) is 15.3 Å². The van der Waals surface area contributed by atoms with Gasteiger partial charge in [-0.25, -0.2) is 4.98 Å². The van der Waals surface area contributed by atoms with Crippen molar-refractivity contribution >= 4 is 24.0 Å². The van der Waals surface area contributed by atoms with E-state index in [-0.39, 0.29) is 29.9 Å². The summed E-state index contributed by atoms with van der Waals surface area (Å²) in [6.07, 6.45) is 0.370. The molecule has 1 unspecified atom stereocenters. The Morgan fingerprint density at radius 3 is 2.76 bits per heavy atom. The Kier molecular flexibility index (Phi) is 6.69. The van der Waals surface area contributed by atoms with Crippen molar-refractivity contribution in [2.75, 3.05) is 25.1 Å². The van der Waals surface area contributed by atoms with Gasteiger partial charge in [-0.05, 0) is 31.2 Å². The molecule has 2 aromatic rings. The first-order chi connectivity index (χ1) is 11.6. The van der Waals surface area contributed by atoms with Crippen LogP contribution in [0.3, 0.4) is 0 Å². The summed E-state index contributed by atoms with van der Waals surface area (Å²) in [6.45, 7) is 3.79. The average Bonchev–Trinajstić information content (AvgIpc) is 2.55. The lowest BCUT2D eigenvalue weighted by molar-refractivity contribution is -0.117. The van der Waals surface area contributed by atoms with Crippen LogP contribution in [-0.4, -0.2) is 41.7 Å². The summed E-state index contributed by atoms with van der Waals surface area (Å²) >= 11 is 0. The molecule has 1 aliphatic heterocycles. The quantitative estimate of drug-likeness (QED) is 0.763. The summed E-state index contributed by atoms with van der Waals surface area (Å²) in [5.41, 5.74) is 1.97. The van der Waals surface area contributed by atoms with Crippen LogP contribution in [0.5, 0.6) is 0 Å². The molecule has 134 valence electrons. The van der Waals surface area contributed by atoms with Crippen molar-refractivity contribution in [3.8, 4) is 11.4 Å². The lowest BCUT2D eigenvalue weighted by Gasteiger charge is -2.23. The number of carbonyl (C=O) groups is 1. The largest absolute Gasteiger partial charge is 0.378 e. The molecule has 2 heterocycles. The van der Waals surface area contributed by atoms with Crippen LogP contribution in [0, 0.1) is 6.92 Å². The molecule has 8 heteroatoms. The number of ether oxygens (including phenoxy) is 1. The molecule has 0 saturated carbocycles. The van der Waals surface area contributed by atoms with E-state index in [0.717, 1.165) is 12.1 Å². The van der Waals surface area contributed by atoms with E-state index in [1.54, 1.807) is 19.1 Å². The second-order valence-electron chi connectivity index (χ2n) is 5.79. The number of carbonyl (C=O) groups excluding carboxylic acids is 1. The molecule has 0 radical (unpaired) electrons. The molecule has 1 aromatic carbocycles. The number of halogens is 1. The van der Waals surface area contributed by atoms with Crippen LogP contribution >= 0.6 is 12.4 Å². The van der Waals surface area contributed by atoms with Gasteiger partial charge in [-0.15, -0.1) is 12.4 Å². The molecule has 0 aliphatic carbocycles. The SMILES string of the molecule is Cc1cc(=O)[nH]c(-c2ccc(NC(=O)CC3COCCN3)cc2)n1.Cl. The van der Waals surface area contributed by atoms with E-state index in [1.807, 2.05) is 12.1 Å². The van der Waals surface area contributed by atoms with E-state index >= 15 is 0 Å². The second kappa shape index (κ2) is 8.75. The van der Waals surface area contributed by atoms with Gasteiger partial charge in [0, 0.05) is 42.0 Å². The number of amides is 1. The number of aromatic amines is 1. The fourth-order valence-corrected chi connectivity index (χ4v) is 2.61. The van der Waals surface area contributed by atoms with Crippen LogP contribution in [0.15, 0.2) is 35.1 Å². The zero-order valence-electron chi connectivity index (χ0n) is 13.9. The Bertz CT molecular complexity index is 770. The van der Waals surface area contributed by atoms with Gasteiger partial charge >= 0.3 is 0 Å². The zero-order chi connectivity index (χ0) is 16.9. The van der Waals surface area contributed by atoms with Crippen LogP contribution in [0.25, 0.3) is 11.4 Å². The number of nitrogens with zero attached hydrogens (tertiary/aromatic N) is 1. The van der Waals surface area contributed by atoms with E-state index in [2.05, 4.69) is 20.6 Å². The maximum absolute atomic E-state index is 12.1. The molecule has 1 fully saturated rings. The molecule has 1 atom stereocenters. The first kappa shape index (κ1) is 19.1. The predicted molar refractivity (Wildman–Crippen MR) is 98.1 cm³/mol. The van der Waals surface area contributed by atoms with E-state index in [1.165, 1.54) is 6.07 Å². The first-order valence-electron chi connectivity index (χ1n) is 7.89. The Morgan fingerprint density at radius 1 is 1.36 bits per heavy atom. The van der Waals surface area contributed by atoms with E-state index in [0.29, 0.717) is 36.8 Å². The van der Waals surface area contributed by atoms with Gasteiger partial charge in [0.05, 0.1) is 13.2 Å². The Hall–Kier alpha value is -2.22. The third kappa shape index (κ3) is 5.38. The number of nitrogens with one attached hydrogen (secondary N) is 3. The Labute approximate surface area is 151 Å². The molecule has 3 rings (SSSR count). The van der Waals surface area contributed by atoms with Crippen LogP contribution in [0.2, 0.25) is 0 Å². The van der Waals surface area contributed by atoms with Gasteiger partial charge in [0.15, 0.2) is 0 Å². The topological polar surface area (TPSA) is 96.1 Å². The standard InChI is InChI=1S/C17H20N4O3.ClH/c1-11-8-15(22)21-17(19-11)12-2-4-13(5-3-12)20-16(23)9-14-10-24-7-6-18-14;/h2-5,8,14,18H,6-7,9-10H2,1H3,(H,20,23)(H,19,21,22);1H. The minimum atomic E-state index is -0.183. The highest BCUT2D eigenvalue weighted by atomic mass is 35.5. The van der Waals surface area contributed by atoms with Crippen molar-refractivity contribution in [2.45, 2.75) is 19.4 Å². The van der Waals surface area contributed by atoms with Crippen molar-refractivity contribution in [3.63, 3.8) is 0 Å². The summed E-state index contributed by atoms with van der Waals surface area (Å²) in [5, 5.41) is 6.11. The number of hydrogen-bond donors (Lipinski definition) is 3. The number of aryl methyl sites for hydroxylation is 1. The number of anilines is 1. The molecule has 1 aliphatic rings. The first-order valence-corrected chi connectivity index (χ1v) is 7.89. The summed E-state index contributed by atoms with van der Waals surface area (Å²) in [5.74, 6) is 0.453. The minimum absolute atomic E-state index is 0. The number of aromatic nitrogens is 2. The van der Waals surface area contributed by atoms with Crippen LogP contribution < -0.4 is 16.2 Å². The molecular formula is C17H21ClN4O3. The van der Waals surface area contributed by atoms with Gasteiger partial charge in [-0.3, -0.25) is 9.59 Å².